The quantitative estimate of drug-likeness (QED) is 0.488. The fraction of sp³-hybridized carbons (Fsp3) is 0.444. The van der Waals surface area contributed by atoms with Crippen molar-refractivity contribution in [3.63, 3.8) is 0 Å². The second-order valence-corrected chi connectivity index (χ2v) is 6.46. The zero-order valence-electron chi connectivity index (χ0n) is 9.48. The Hall–Kier alpha value is -2.15. The van der Waals surface area contributed by atoms with Crippen molar-refractivity contribution in [2.45, 2.75) is 0 Å². The van der Waals surface area contributed by atoms with E-state index in [-0.39, 0.29) is 0 Å². The summed E-state index contributed by atoms with van der Waals surface area (Å²) in [7, 11) is 0. The molecule has 0 aliphatic carbocycles. The summed E-state index contributed by atoms with van der Waals surface area (Å²) in [6, 6.07) is 0. The van der Waals surface area contributed by atoms with Gasteiger partial charge in [-0.25, -0.2) is 0 Å². The van der Waals surface area contributed by atoms with Crippen molar-refractivity contribution >= 4 is 0 Å². The van der Waals surface area contributed by atoms with E-state index in [1.165, 1.54) is 24.8 Å². The molecule has 9 heteroatoms. The van der Waals surface area contributed by atoms with E-state index in [4.69, 9.17) is 42.5 Å². The summed E-state index contributed by atoms with van der Waals surface area (Å²) in [5.41, 5.74) is 10.2. The molecule has 0 radical (unpaired) electrons. The van der Waals surface area contributed by atoms with E-state index >= 15 is 0 Å². The Balaban J connectivity index is 0. The molecule has 0 aromatic heterocycles. The maximum absolute atomic E-state index is 8.35. The third-order valence-corrected chi connectivity index (χ3v) is 3.78. The number of rotatable bonds is 4. The largest absolute Gasteiger partial charge is 0.379 e. The monoisotopic (exact) mass is 290 g/mol. The minimum Gasteiger partial charge on any atom is -0.379 e. The normalized spacial score (nSPS) is 10.6. The van der Waals surface area contributed by atoms with Crippen molar-refractivity contribution < 1.29 is 16.5 Å². The van der Waals surface area contributed by atoms with Crippen molar-refractivity contribution in [2.24, 2.45) is 11.5 Å². The van der Waals surface area contributed by atoms with Crippen LogP contribution in [0.1, 0.15) is 0 Å². The number of nitrogens with two attached hydrogens (primary N) is 2. The SMILES string of the molecule is N#[C][Fe]([C]#N)([C]#N)([C]#N)[C]#N.NCCOCCN. The molecule has 0 aromatic rings. The van der Waals surface area contributed by atoms with E-state index in [2.05, 4.69) is 0 Å². The summed E-state index contributed by atoms with van der Waals surface area (Å²) >= 11 is -4.78. The summed E-state index contributed by atoms with van der Waals surface area (Å²) in [5.74, 6) is 0. The zero-order valence-corrected chi connectivity index (χ0v) is 10.6. The zero-order chi connectivity index (χ0) is 14.5. The molecule has 0 heterocycles. The first kappa shape index (κ1) is 18.2. The van der Waals surface area contributed by atoms with Gasteiger partial charge in [0.1, 0.15) is 0 Å². The number of hydrogen-bond donors (Lipinski definition) is 2. The second kappa shape index (κ2) is 8.94. The molecule has 18 heavy (non-hydrogen) atoms. The van der Waals surface area contributed by atoms with Gasteiger partial charge in [0, 0.05) is 13.1 Å². The molecule has 0 rings (SSSR count). The summed E-state index contributed by atoms with van der Waals surface area (Å²) in [6.45, 7) is 2.41. The van der Waals surface area contributed by atoms with Crippen molar-refractivity contribution in [2.75, 3.05) is 26.3 Å². The van der Waals surface area contributed by atoms with E-state index in [1.54, 1.807) is 0 Å². The average Bonchev–Trinajstić information content (AvgIpc) is 2.45. The Labute approximate surface area is 106 Å². The van der Waals surface area contributed by atoms with Crippen molar-refractivity contribution in [3.8, 4) is 24.8 Å². The Morgan fingerprint density at radius 3 is 1.11 bits per heavy atom. The Kier molecular flexibility index (Phi) is 9.05. The number of ether oxygens (including phenoxy) is 1. The first-order valence-corrected chi connectivity index (χ1v) is 7.16. The fourth-order valence-corrected chi connectivity index (χ4v) is 0.998. The number of nitriles is 5. The van der Waals surface area contributed by atoms with Gasteiger partial charge >= 0.3 is 62.9 Å². The van der Waals surface area contributed by atoms with Gasteiger partial charge < -0.3 is 16.2 Å². The summed E-state index contributed by atoms with van der Waals surface area (Å²) in [5, 5.41) is 41.8. The third-order valence-electron chi connectivity index (χ3n) is 1.31. The minimum absolute atomic E-state index is 0.583. The molecule has 0 bridgehead atoms. The van der Waals surface area contributed by atoms with Gasteiger partial charge in [-0.2, -0.15) is 0 Å². The van der Waals surface area contributed by atoms with E-state index in [0.717, 1.165) is 0 Å². The molecule has 0 spiro atoms. The molecule has 0 aliphatic rings. The Bertz CT molecular complexity index is 367. The molecule has 0 fully saturated rings. The van der Waals surface area contributed by atoms with E-state index < -0.39 is 11.8 Å². The number of nitrogens with zero attached hydrogens (tertiary/aromatic N) is 5. The van der Waals surface area contributed by atoms with Crippen LogP contribution in [0.4, 0.5) is 0 Å². The minimum atomic E-state index is -4.78. The molecule has 0 atom stereocenters. The van der Waals surface area contributed by atoms with Gasteiger partial charge in [-0.1, -0.05) is 0 Å². The molecule has 0 aromatic carbocycles. The van der Waals surface area contributed by atoms with Crippen LogP contribution in [0.25, 0.3) is 0 Å². The molecule has 4 N–H and O–H groups in total. The summed E-state index contributed by atoms with van der Waals surface area (Å²) in [4.78, 5) is 6.12. The fourth-order valence-electron chi connectivity index (χ4n) is 0.446. The maximum atomic E-state index is 8.35. The molecule has 97 valence electrons. The van der Waals surface area contributed by atoms with Gasteiger partial charge in [0.05, 0.1) is 13.2 Å². The van der Waals surface area contributed by atoms with Gasteiger partial charge in [0.25, 0.3) is 0 Å². The van der Waals surface area contributed by atoms with Crippen LogP contribution in [-0.2, 0) is 16.5 Å². The molecule has 0 saturated heterocycles. The maximum Gasteiger partial charge on any atom is 0.0589 e. The van der Waals surface area contributed by atoms with Crippen LogP contribution in [0.3, 0.4) is 0 Å². The molecular weight excluding hydrogens is 278 g/mol. The third kappa shape index (κ3) is 4.79. The van der Waals surface area contributed by atoms with Gasteiger partial charge in [0.15, 0.2) is 0 Å². The van der Waals surface area contributed by atoms with Gasteiger partial charge in [0.2, 0.25) is 0 Å². The van der Waals surface area contributed by atoms with Crippen LogP contribution in [0.15, 0.2) is 0 Å². The van der Waals surface area contributed by atoms with Crippen LogP contribution in [0.5, 0.6) is 0 Å². The second-order valence-electron chi connectivity index (χ2n) is 2.47. The topological polar surface area (TPSA) is 180 Å². The summed E-state index contributed by atoms with van der Waals surface area (Å²) < 4.78 is 4.88. The predicted molar refractivity (Wildman–Crippen MR) is 57.0 cm³/mol. The standard InChI is InChI=1S/C4H12N2O.5CN.Fe/c5-1-3-7-4-2-6;5*1-2;/h1-6H2;;;;;;. The van der Waals surface area contributed by atoms with Crippen molar-refractivity contribution in [1.29, 1.82) is 26.3 Å². The Morgan fingerprint density at radius 1 is 0.722 bits per heavy atom. The predicted octanol–water partition coefficient (Wildman–Crippen LogP) is -0.998. The van der Waals surface area contributed by atoms with E-state index in [0.29, 0.717) is 26.3 Å². The number of hydrogen-bond acceptors (Lipinski definition) is 8. The molecule has 0 unspecified atom stereocenters. The first-order chi connectivity index (χ1) is 8.53. The molecule has 0 amide bonds. The summed E-state index contributed by atoms with van der Waals surface area (Å²) in [6.07, 6.45) is 0. The van der Waals surface area contributed by atoms with Gasteiger partial charge in [-0.3, -0.25) is 0 Å². The van der Waals surface area contributed by atoms with Crippen LogP contribution < -0.4 is 11.5 Å². The van der Waals surface area contributed by atoms with Crippen LogP contribution in [0, 0.1) is 51.1 Å². The van der Waals surface area contributed by atoms with Crippen molar-refractivity contribution in [3.05, 3.63) is 0 Å². The van der Waals surface area contributed by atoms with Crippen LogP contribution in [-0.4, -0.2) is 26.3 Å². The smallest absolute Gasteiger partial charge is 0.0589 e. The molecular formula is C9H12FeN7O. The van der Waals surface area contributed by atoms with Gasteiger partial charge in [-0.15, -0.1) is 0 Å². The average molecular weight is 290 g/mol. The van der Waals surface area contributed by atoms with E-state index in [1.807, 2.05) is 0 Å². The molecule has 8 nitrogen and oxygen atoms in total. The molecule has 0 saturated carbocycles. The first-order valence-electron chi connectivity index (χ1n) is 4.40. The van der Waals surface area contributed by atoms with Crippen LogP contribution in [0.2, 0.25) is 0 Å². The van der Waals surface area contributed by atoms with Crippen LogP contribution >= 0.6 is 0 Å². The van der Waals surface area contributed by atoms with Gasteiger partial charge in [-0.05, 0) is 0 Å². The Morgan fingerprint density at radius 2 is 1.00 bits per heavy atom. The van der Waals surface area contributed by atoms with E-state index in [9.17, 15) is 0 Å². The molecule has 0 aliphatic heterocycles. The van der Waals surface area contributed by atoms with Crippen molar-refractivity contribution in [1.82, 2.24) is 0 Å².